The molecule has 1 saturated heterocycles. The molecule has 3 rings (SSSR count). The molecule has 1 aromatic carbocycles. The van der Waals surface area contributed by atoms with E-state index in [0.29, 0.717) is 11.3 Å². The van der Waals surface area contributed by atoms with Gasteiger partial charge in [0.15, 0.2) is 0 Å². The molecule has 0 radical (unpaired) electrons. The molecule has 0 spiro atoms. The highest BCUT2D eigenvalue weighted by molar-refractivity contribution is 8.00. The van der Waals surface area contributed by atoms with Crippen LogP contribution in [0.25, 0.3) is 0 Å². The predicted molar refractivity (Wildman–Crippen MR) is 57.1 cm³/mol. The van der Waals surface area contributed by atoms with Crippen molar-refractivity contribution in [2.75, 3.05) is 12.3 Å². The van der Waals surface area contributed by atoms with Gasteiger partial charge in [0.05, 0.1) is 0 Å². The molecule has 1 fully saturated rings. The quantitative estimate of drug-likeness (QED) is 0.702. The van der Waals surface area contributed by atoms with E-state index >= 15 is 0 Å². The zero-order valence-electron chi connectivity index (χ0n) is 7.79. The van der Waals surface area contributed by atoms with E-state index in [4.69, 9.17) is 0 Å². The number of rotatable bonds is 0. The number of hydrogen-bond acceptors (Lipinski definition) is 2. The minimum atomic E-state index is -0.104. The van der Waals surface area contributed by atoms with E-state index in [1.165, 1.54) is 16.9 Å². The molecule has 74 valence electrons. The van der Waals surface area contributed by atoms with Crippen molar-refractivity contribution in [2.45, 2.75) is 17.7 Å². The Kier molecular flexibility index (Phi) is 2.03. The van der Waals surface area contributed by atoms with Gasteiger partial charge in [-0.2, -0.15) is 11.8 Å². The summed E-state index contributed by atoms with van der Waals surface area (Å²) in [5.74, 6) is 1.07. The first-order valence-corrected chi connectivity index (χ1v) is 6.03. The fraction of sp³-hybridized carbons (Fsp3) is 0.455. The second kappa shape index (κ2) is 3.24. The van der Waals surface area contributed by atoms with Crippen molar-refractivity contribution in [3.8, 4) is 0 Å². The molecular formula is C11H12FNS. The highest BCUT2D eigenvalue weighted by atomic mass is 32.2. The summed E-state index contributed by atoms with van der Waals surface area (Å²) in [5.41, 5.74) is 2.51. The number of hydrogen-bond donors (Lipinski definition) is 1. The van der Waals surface area contributed by atoms with E-state index in [0.717, 1.165) is 13.0 Å². The van der Waals surface area contributed by atoms with Gasteiger partial charge < -0.3 is 5.32 Å². The Bertz CT molecular complexity index is 366. The Morgan fingerprint density at radius 1 is 1.43 bits per heavy atom. The molecule has 2 unspecified atom stereocenters. The number of fused-ring (bicyclic) bond motifs is 3. The van der Waals surface area contributed by atoms with Crippen LogP contribution in [0.3, 0.4) is 0 Å². The van der Waals surface area contributed by atoms with Crippen LogP contribution in [0.15, 0.2) is 18.2 Å². The summed E-state index contributed by atoms with van der Waals surface area (Å²) < 4.78 is 13.0. The maximum absolute atomic E-state index is 13.0. The van der Waals surface area contributed by atoms with Crippen molar-refractivity contribution in [3.63, 3.8) is 0 Å². The lowest BCUT2D eigenvalue weighted by Crippen LogP contribution is -2.34. The van der Waals surface area contributed by atoms with Crippen molar-refractivity contribution in [3.05, 3.63) is 35.1 Å². The average molecular weight is 209 g/mol. The zero-order chi connectivity index (χ0) is 9.54. The van der Waals surface area contributed by atoms with Crippen LogP contribution in [-0.4, -0.2) is 17.5 Å². The van der Waals surface area contributed by atoms with Crippen molar-refractivity contribution in [1.82, 2.24) is 5.32 Å². The number of nitrogens with one attached hydrogen (secondary N) is 1. The van der Waals surface area contributed by atoms with E-state index in [1.54, 1.807) is 12.1 Å². The van der Waals surface area contributed by atoms with Gasteiger partial charge in [-0.25, -0.2) is 4.39 Å². The Labute approximate surface area is 87.1 Å². The van der Waals surface area contributed by atoms with Crippen LogP contribution in [0.5, 0.6) is 0 Å². The molecule has 0 amide bonds. The smallest absolute Gasteiger partial charge is 0.123 e. The number of thioether (sulfide) groups is 1. The fourth-order valence-corrected chi connectivity index (χ4v) is 3.68. The third kappa shape index (κ3) is 1.27. The minimum absolute atomic E-state index is 0.104. The molecule has 1 nitrogen and oxygen atoms in total. The fourth-order valence-electron chi connectivity index (χ4n) is 2.41. The summed E-state index contributed by atoms with van der Waals surface area (Å²) in [6.45, 7) is 1.07. The highest BCUT2D eigenvalue weighted by Gasteiger charge is 2.34. The van der Waals surface area contributed by atoms with Gasteiger partial charge in [-0.3, -0.25) is 0 Å². The van der Waals surface area contributed by atoms with Crippen LogP contribution < -0.4 is 5.32 Å². The highest BCUT2D eigenvalue weighted by Crippen LogP contribution is 2.40. The Morgan fingerprint density at radius 2 is 2.36 bits per heavy atom. The van der Waals surface area contributed by atoms with Gasteiger partial charge in [-0.05, 0) is 29.7 Å². The molecule has 1 aliphatic heterocycles. The first-order valence-electron chi connectivity index (χ1n) is 4.98. The molecule has 1 aliphatic carbocycles. The maximum atomic E-state index is 13.0. The van der Waals surface area contributed by atoms with Crippen LogP contribution in [0.1, 0.15) is 17.2 Å². The Hall–Kier alpha value is -0.540. The maximum Gasteiger partial charge on any atom is 0.123 e. The lowest BCUT2D eigenvalue weighted by Gasteiger charge is -2.26. The average Bonchev–Trinajstić information content (AvgIpc) is 2.54. The summed E-state index contributed by atoms with van der Waals surface area (Å²) >= 11 is 2.01. The lowest BCUT2D eigenvalue weighted by atomic mass is 10.1. The van der Waals surface area contributed by atoms with E-state index in [1.807, 2.05) is 17.8 Å². The van der Waals surface area contributed by atoms with Gasteiger partial charge in [0, 0.05) is 23.6 Å². The molecule has 3 heteroatoms. The largest absolute Gasteiger partial charge is 0.308 e. The van der Waals surface area contributed by atoms with E-state index in [-0.39, 0.29) is 5.82 Å². The summed E-state index contributed by atoms with van der Waals surface area (Å²) in [4.78, 5) is 0. The van der Waals surface area contributed by atoms with Crippen LogP contribution in [0, 0.1) is 5.82 Å². The van der Waals surface area contributed by atoms with Gasteiger partial charge in [-0.15, -0.1) is 0 Å². The number of benzene rings is 1. The summed E-state index contributed by atoms with van der Waals surface area (Å²) in [6, 6.07) is 5.66. The van der Waals surface area contributed by atoms with E-state index in [9.17, 15) is 4.39 Å². The van der Waals surface area contributed by atoms with Gasteiger partial charge in [-0.1, -0.05) is 6.07 Å². The van der Waals surface area contributed by atoms with Crippen LogP contribution in [-0.2, 0) is 6.42 Å². The van der Waals surface area contributed by atoms with Gasteiger partial charge in [0.1, 0.15) is 5.82 Å². The second-order valence-electron chi connectivity index (χ2n) is 3.89. The van der Waals surface area contributed by atoms with Crippen LogP contribution in [0.4, 0.5) is 4.39 Å². The van der Waals surface area contributed by atoms with Gasteiger partial charge in [0.25, 0.3) is 0 Å². The molecule has 14 heavy (non-hydrogen) atoms. The third-order valence-corrected chi connectivity index (χ3v) is 4.34. The molecule has 0 aromatic heterocycles. The molecule has 1 N–H and O–H groups in total. The molecular weight excluding hydrogens is 197 g/mol. The molecule has 0 bridgehead atoms. The molecule has 2 atom stereocenters. The number of halogens is 1. The predicted octanol–water partition coefficient (Wildman–Crippen LogP) is 2.13. The zero-order valence-corrected chi connectivity index (χ0v) is 8.61. The first kappa shape index (κ1) is 8.74. The van der Waals surface area contributed by atoms with Crippen molar-refractivity contribution < 1.29 is 4.39 Å². The summed E-state index contributed by atoms with van der Waals surface area (Å²) in [7, 11) is 0. The minimum Gasteiger partial charge on any atom is -0.308 e. The van der Waals surface area contributed by atoms with E-state index in [2.05, 4.69) is 5.32 Å². The summed E-state index contributed by atoms with van der Waals surface area (Å²) in [6.07, 6.45) is 1.02. The SMILES string of the molecule is Fc1ccc2c(c1)CC1SCCNC21. The van der Waals surface area contributed by atoms with Crippen molar-refractivity contribution in [1.29, 1.82) is 0 Å². The van der Waals surface area contributed by atoms with Gasteiger partial charge >= 0.3 is 0 Å². The second-order valence-corrected chi connectivity index (χ2v) is 5.24. The lowest BCUT2D eigenvalue weighted by molar-refractivity contribution is 0.546. The Balaban J connectivity index is 2.01. The molecule has 1 aromatic rings. The van der Waals surface area contributed by atoms with Gasteiger partial charge in [0.2, 0.25) is 0 Å². The first-order chi connectivity index (χ1) is 6.84. The Morgan fingerprint density at radius 3 is 3.29 bits per heavy atom. The normalized spacial score (nSPS) is 29.8. The molecule has 2 aliphatic rings. The van der Waals surface area contributed by atoms with Crippen molar-refractivity contribution in [2.24, 2.45) is 0 Å². The van der Waals surface area contributed by atoms with Crippen LogP contribution >= 0.6 is 11.8 Å². The standard InChI is InChI=1S/C11H12FNS/c12-8-1-2-9-7(5-8)6-10-11(9)13-3-4-14-10/h1-2,5,10-11,13H,3-4,6H2. The van der Waals surface area contributed by atoms with Crippen LogP contribution in [0.2, 0.25) is 0 Å². The molecule has 1 heterocycles. The van der Waals surface area contributed by atoms with E-state index < -0.39 is 0 Å². The monoisotopic (exact) mass is 209 g/mol. The topological polar surface area (TPSA) is 12.0 Å². The third-order valence-electron chi connectivity index (χ3n) is 3.03. The molecule has 0 saturated carbocycles. The van der Waals surface area contributed by atoms with Crippen molar-refractivity contribution >= 4 is 11.8 Å². The summed E-state index contributed by atoms with van der Waals surface area (Å²) in [5, 5.41) is 4.14.